The van der Waals surface area contributed by atoms with Crippen LogP contribution in [0.25, 0.3) is 0 Å². The number of ether oxygens (including phenoxy) is 1. The number of hydrogen-bond donors (Lipinski definition) is 2. The van der Waals surface area contributed by atoms with Crippen LogP contribution in [0.5, 0.6) is 0 Å². The number of nitrogens with zero attached hydrogens (tertiary/aromatic N) is 2. The molecule has 1 fully saturated rings. The lowest BCUT2D eigenvalue weighted by molar-refractivity contribution is -0.149. The van der Waals surface area contributed by atoms with E-state index in [1.54, 1.807) is 18.0 Å². The maximum atomic E-state index is 14.4. The van der Waals surface area contributed by atoms with Gasteiger partial charge in [-0.15, -0.1) is 0 Å². The minimum atomic E-state index is -3.45. The van der Waals surface area contributed by atoms with E-state index in [2.05, 4.69) is 0 Å². The van der Waals surface area contributed by atoms with Crippen molar-refractivity contribution in [2.24, 2.45) is 0 Å². The van der Waals surface area contributed by atoms with Crippen molar-refractivity contribution in [1.82, 2.24) is 9.80 Å². The molecule has 0 aromatic heterocycles. The number of carboxylic acids is 1. The molecule has 1 aliphatic rings. The quantitative estimate of drug-likeness (QED) is 0.420. The van der Waals surface area contributed by atoms with E-state index in [1.807, 2.05) is 0 Å². The average Bonchev–Trinajstić information content (AvgIpc) is 2.99. The second-order valence-electron chi connectivity index (χ2n) is 7.30. The lowest BCUT2D eigenvalue weighted by Crippen LogP contribution is -2.35. The largest absolute Gasteiger partial charge is 0.479 e. The van der Waals surface area contributed by atoms with E-state index < -0.39 is 30.1 Å². The van der Waals surface area contributed by atoms with Crippen molar-refractivity contribution in [2.45, 2.75) is 43.9 Å². The molecule has 1 saturated heterocycles. The van der Waals surface area contributed by atoms with E-state index in [-0.39, 0.29) is 18.2 Å². The molecule has 1 heterocycles. The van der Waals surface area contributed by atoms with E-state index in [9.17, 15) is 23.5 Å². The van der Waals surface area contributed by atoms with Crippen LogP contribution in [0.2, 0.25) is 0 Å². The highest BCUT2D eigenvalue weighted by Crippen LogP contribution is 2.32. The van der Waals surface area contributed by atoms with E-state index >= 15 is 0 Å². The molecular formula is C21H28F2N2O5. The summed E-state index contributed by atoms with van der Waals surface area (Å²) in [6.07, 6.45) is 0.678. The smallest absolute Gasteiger partial charge is 0.332 e. The summed E-state index contributed by atoms with van der Waals surface area (Å²) in [6.45, 7) is 2.38. The summed E-state index contributed by atoms with van der Waals surface area (Å²) in [5.74, 6) is -4.49. The molecule has 3 atom stereocenters. The van der Waals surface area contributed by atoms with Gasteiger partial charge in [0.1, 0.15) is 6.10 Å². The number of halogens is 2. The summed E-state index contributed by atoms with van der Waals surface area (Å²) in [5.41, 5.74) is -0.283. The zero-order valence-corrected chi connectivity index (χ0v) is 17.1. The molecular weight excluding hydrogens is 398 g/mol. The van der Waals surface area contributed by atoms with Crippen LogP contribution < -0.4 is 0 Å². The number of benzene rings is 1. The number of aliphatic hydroxyl groups excluding tert-OH is 1. The standard InChI is InChI=1S/C21H28F2N2O5/c1-15(19(27)28)30-13-7-6-12-25-17(14-24(2)20(25)29)10-11-18(26)21(22,23)16-8-4-3-5-9-16/h3-5,8-11,15,17-18,26H,6-7,12-14H2,1-2H3,(H,27,28)/b11-10+/t15?,17-,18?/m0/s1. The Hall–Kier alpha value is -2.52. The molecule has 0 spiro atoms. The highest BCUT2D eigenvalue weighted by atomic mass is 19.3. The molecule has 2 unspecified atom stereocenters. The number of carboxylic acid groups (broad SMARTS) is 1. The molecule has 1 aliphatic heterocycles. The number of likely N-dealkylation sites (N-methyl/N-ethyl adjacent to an activating group) is 1. The molecule has 0 saturated carbocycles. The van der Waals surface area contributed by atoms with Gasteiger partial charge in [-0.05, 0) is 19.8 Å². The minimum Gasteiger partial charge on any atom is -0.479 e. The Morgan fingerprint density at radius 2 is 2.00 bits per heavy atom. The highest BCUT2D eigenvalue weighted by molar-refractivity contribution is 5.77. The molecule has 1 aromatic rings. The summed E-state index contributed by atoms with van der Waals surface area (Å²) in [6, 6.07) is 6.41. The summed E-state index contributed by atoms with van der Waals surface area (Å²) in [7, 11) is 1.62. The number of carbonyl (C=O) groups is 2. The van der Waals surface area contributed by atoms with E-state index in [1.165, 1.54) is 42.2 Å². The van der Waals surface area contributed by atoms with Crippen molar-refractivity contribution >= 4 is 12.0 Å². The molecule has 1 aromatic carbocycles. The van der Waals surface area contributed by atoms with Gasteiger partial charge in [0.05, 0.1) is 6.04 Å². The molecule has 0 radical (unpaired) electrons. The van der Waals surface area contributed by atoms with Crippen LogP contribution in [0.15, 0.2) is 42.5 Å². The third kappa shape index (κ3) is 5.99. The number of carbonyl (C=O) groups excluding carboxylic acids is 1. The lowest BCUT2D eigenvalue weighted by Gasteiger charge is -2.23. The predicted molar refractivity (Wildman–Crippen MR) is 106 cm³/mol. The Balaban J connectivity index is 1.92. The van der Waals surface area contributed by atoms with Crippen LogP contribution in [-0.2, 0) is 15.5 Å². The summed E-state index contributed by atoms with van der Waals surface area (Å²) in [5, 5.41) is 18.8. The van der Waals surface area contributed by atoms with Gasteiger partial charge in [0.15, 0.2) is 6.10 Å². The Morgan fingerprint density at radius 1 is 1.33 bits per heavy atom. The van der Waals surface area contributed by atoms with E-state index in [0.717, 1.165) is 6.08 Å². The Morgan fingerprint density at radius 3 is 2.63 bits per heavy atom. The Kier molecular flexibility index (Phi) is 8.31. The van der Waals surface area contributed by atoms with E-state index in [4.69, 9.17) is 9.84 Å². The molecule has 0 bridgehead atoms. The number of aliphatic hydroxyl groups is 1. The number of rotatable bonds is 11. The highest BCUT2D eigenvalue weighted by Gasteiger charge is 2.39. The second-order valence-corrected chi connectivity index (χ2v) is 7.30. The molecule has 2 N–H and O–H groups in total. The van der Waals surface area contributed by atoms with Crippen LogP contribution in [-0.4, -0.2) is 77.0 Å². The Labute approximate surface area is 174 Å². The van der Waals surface area contributed by atoms with Gasteiger partial charge in [0, 0.05) is 32.3 Å². The normalized spacial score (nSPS) is 19.5. The first-order valence-corrected chi connectivity index (χ1v) is 9.80. The molecule has 2 amide bonds. The van der Waals surface area contributed by atoms with Gasteiger partial charge in [-0.2, -0.15) is 8.78 Å². The Bertz CT molecular complexity index is 744. The fourth-order valence-electron chi connectivity index (χ4n) is 3.15. The monoisotopic (exact) mass is 426 g/mol. The fourth-order valence-corrected chi connectivity index (χ4v) is 3.15. The van der Waals surface area contributed by atoms with Gasteiger partial charge in [-0.25, -0.2) is 9.59 Å². The van der Waals surface area contributed by atoms with Crippen molar-refractivity contribution in [2.75, 3.05) is 26.7 Å². The molecule has 7 nitrogen and oxygen atoms in total. The third-order valence-electron chi connectivity index (χ3n) is 4.99. The summed E-state index contributed by atoms with van der Waals surface area (Å²) >= 11 is 0. The van der Waals surface area contributed by atoms with Gasteiger partial charge in [-0.1, -0.05) is 42.5 Å². The van der Waals surface area contributed by atoms with Crippen LogP contribution in [0, 0.1) is 0 Å². The van der Waals surface area contributed by atoms with Crippen molar-refractivity contribution in [3.63, 3.8) is 0 Å². The number of alkyl halides is 2. The van der Waals surface area contributed by atoms with Crippen molar-refractivity contribution in [3.05, 3.63) is 48.0 Å². The predicted octanol–water partition coefficient (Wildman–Crippen LogP) is 2.70. The first-order chi connectivity index (χ1) is 14.1. The van der Waals surface area contributed by atoms with Crippen LogP contribution in [0.1, 0.15) is 25.3 Å². The van der Waals surface area contributed by atoms with Crippen LogP contribution in [0.3, 0.4) is 0 Å². The van der Waals surface area contributed by atoms with Gasteiger partial charge in [-0.3, -0.25) is 0 Å². The number of unbranched alkanes of at least 4 members (excludes halogenated alkanes) is 1. The second kappa shape index (κ2) is 10.5. The topological polar surface area (TPSA) is 90.3 Å². The van der Waals surface area contributed by atoms with Gasteiger partial charge in [0.25, 0.3) is 0 Å². The molecule has 9 heteroatoms. The van der Waals surface area contributed by atoms with Crippen LogP contribution in [0.4, 0.5) is 13.6 Å². The van der Waals surface area contributed by atoms with Crippen molar-refractivity contribution < 1.29 is 33.3 Å². The van der Waals surface area contributed by atoms with Crippen molar-refractivity contribution in [3.8, 4) is 0 Å². The maximum Gasteiger partial charge on any atom is 0.332 e. The third-order valence-corrected chi connectivity index (χ3v) is 4.99. The van der Waals surface area contributed by atoms with Gasteiger partial charge >= 0.3 is 17.9 Å². The SMILES string of the molecule is CC(OCCCCN1C(=O)N(C)C[C@@H]1/C=C/C(O)C(F)(F)c1ccccc1)C(=O)O. The lowest BCUT2D eigenvalue weighted by atomic mass is 10.0. The van der Waals surface area contributed by atoms with Crippen molar-refractivity contribution in [1.29, 1.82) is 0 Å². The fraction of sp³-hybridized carbons (Fsp3) is 0.524. The van der Waals surface area contributed by atoms with Crippen LogP contribution >= 0.6 is 0 Å². The number of amides is 2. The van der Waals surface area contributed by atoms with Gasteiger partial charge in [0.2, 0.25) is 0 Å². The number of hydrogen-bond acceptors (Lipinski definition) is 4. The average molecular weight is 426 g/mol. The first-order valence-electron chi connectivity index (χ1n) is 9.80. The molecule has 30 heavy (non-hydrogen) atoms. The number of aliphatic carboxylic acids is 1. The summed E-state index contributed by atoms with van der Waals surface area (Å²) < 4.78 is 34.0. The first kappa shape index (κ1) is 23.8. The molecule has 2 rings (SSSR count). The number of urea groups is 1. The molecule has 0 aliphatic carbocycles. The maximum absolute atomic E-state index is 14.4. The molecule has 166 valence electrons. The van der Waals surface area contributed by atoms with Gasteiger partial charge < -0.3 is 24.7 Å². The zero-order valence-electron chi connectivity index (χ0n) is 17.1. The minimum absolute atomic E-state index is 0.228. The van der Waals surface area contributed by atoms with E-state index in [0.29, 0.717) is 25.9 Å². The zero-order chi connectivity index (χ0) is 22.3. The summed E-state index contributed by atoms with van der Waals surface area (Å²) in [4.78, 5) is 26.1.